The van der Waals surface area contributed by atoms with E-state index in [2.05, 4.69) is 18.7 Å². The van der Waals surface area contributed by atoms with Gasteiger partial charge in [-0.2, -0.15) is 4.31 Å². The van der Waals surface area contributed by atoms with Crippen LogP contribution in [0.3, 0.4) is 0 Å². The van der Waals surface area contributed by atoms with Gasteiger partial charge in [0.1, 0.15) is 4.21 Å². The van der Waals surface area contributed by atoms with E-state index < -0.39 is 10.0 Å². The molecular formula is C15H24N2O3S2. The number of morpholine rings is 1. The number of nitrogens with zero attached hydrogens (tertiary/aromatic N) is 2. The number of ether oxygens (including phenoxy) is 1. The average molecular weight is 345 g/mol. The van der Waals surface area contributed by atoms with Crippen molar-refractivity contribution < 1.29 is 13.2 Å². The molecule has 0 N–H and O–H groups in total. The van der Waals surface area contributed by atoms with E-state index in [-0.39, 0.29) is 18.2 Å². The minimum Gasteiger partial charge on any atom is -0.373 e. The fourth-order valence-corrected chi connectivity index (χ4v) is 6.37. The van der Waals surface area contributed by atoms with Crippen LogP contribution in [-0.2, 0) is 14.8 Å². The van der Waals surface area contributed by atoms with Crippen LogP contribution in [0, 0.1) is 0 Å². The molecule has 1 aromatic rings. The van der Waals surface area contributed by atoms with Gasteiger partial charge in [-0.3, -0.25) is 4.90 Å². The first-order valence-corrected chi connectivity index (χ1v) is 10.2. The van der Waals surface area contributed by atoms with Gasteiger partial charge in [0.25, 0.3) is 10.0 Å². The Balaban J connectivity index is 1.71. The lowest BCUT2D eigenvalue weighted by molar-refractivity contribution is -0.0707. The lowest BCUT2D eigenvalue weighted by Crippen LogP contribution is -2.50. The third-order valence-electron chi connectivity index (χ3n) is 4.35. The van der Waals surface area contributed by atoms with E-state index in [1.807, 2.05) is 5.38 Å². The van der Waals surface area contributed by atoms with Crippen LogP contribution in [-0.4, -0.2) is 62.1 Å². The molecule has 5 nitrogen and oxygen atoms in total. The summed E-state index contributed by atoms with van der Waals surface area (Å²) in [6.45, 7) is 7.37. The van der Waals surface area contributed by atoms with Crippen LogP contribution >= 0.6 is 11.3 Å². The number of hydrogen-bond donors (Lipinski definition) is 0. The van der Waals surface area contributed by atoms with Gasteiger partial charge in [0.15, 0.2) is 0 Å². The van der Waals surface area contributed by atoms with E-state index in [9.17, 15) is 8.42 Å². The Hall–Kier alpha value is -0.470. The van der Waals surface area contributed by atoms with Gasteiger partial charge >= 0.3 is 0 Å². The minimum absolute atomic E-state index is 0.0876. The summed E-state index contributed by atoms with van der Waals surface area (Å²) in [6.07, 6.45) is 2.33. The molecule has 0 radical (unpaired) electrons. The fourth-order valence-electron chi connectivity index (χ4n) is 3.57. The standard InChI is InChI=1S/C15H24N2O3S2/c1-12-9-16(10-13(2)20-12)11-14-5-3-7-17(14)22(18,19)15-6-4-8-21-15/h4,6,8,12-14H,3,5,7,9-11H2,1-2H3. The molecule has 2 aliphatic heterocycles. The number of sulfonamides is 1. The van der Waals surface area contributed by atoms with Gasteiger partial charge in [-0.15, -0.1) is 11.3 Å². The van der Waals surface area contributed by atoms with Crippen LogP contribution in [0.1, 0.15) is 26.7 Å². The molecule has 2 saturated heterocycles. The highest BCUT2D eigenvalue weighted by molar-refractivity contribution is 7.91. The SMILES string of the molecule is CC1CN(CC2CCCN2S(=O)(=O)c2cccs2)CC(C)O1. The molecule has 3 heterocycles. The Kier molecular flexibility index (Phi) is 4.89. The van der Waals surface area contributed by atoms with Crippen molar-refractivity contribution in [2.75, 3.05) is 26.2 Å². The molecule has 0 spiro atoms. The maximum atomic E-state index is 12.8. The smallest absolute Gasteiger partial charge is 0.252 e. The van der Waals surface area contributed by atoms with Gasteiger partial charge in [-0.1, -0.05) is 6.07 Å². The molecule has 22 heavy (non-hydrogen) atoms. The Bertz CT molecular complexity index is 578. The van der Waals surface area contributed by atoms with E-state index in [4.69, 9.17) is 4.74 Å². The second kappa shape index (κ2) is 6.57. The molecule has 2 aliphatic rings. The van der Waals surface area contributed by atoms with Gasteiger partial charge in [-0.25, -0.2) is 8.42 Å². The highest BCUT2D eigenvalue weighted by Crippen LogP contribution is 2.29. The monoisotopic (exact) mass is 344 g/mol. The van der Waals surface area contributed by atoms with E-state index in [0.717, 1.165) is 32.5 Å². The first-order valence-electron chi connectivity index (χ1n) is 7.90. The summed E-state index contributed by atoms with van der Waals surface area (Å²) in [5, 5.41) is 1.82. The van der Waals surface area contributed by atoms with E-state index >= 15 is 0 Å². The largest absolute Gasteiger partial charge is 0.373 e. The molecule has 0 amide bonds. The minimum atomic E-state index is -3.33. The Morgan fingerprint density at radius 1 is 1.32 bits per heavy atom. The first-order chi connectivity index (χ1) is 10.5. The number of rotatable bonds is 4. The molecule has 3 atom stereocenters. The predicted octanol–water partition coefficient (Wildman–Crippen LogP) is 2.01. The van der Waals surface area contributed by atoms with Gasteiger partial charge in [0, 0.05) is 32.2 Å². The van der Waals surface area contributed by atoms with Crippen molar-refractivity contribution >= 4 is 21.4 Å². The van der Waals surface area contributed by atoms with Crippen molar-refractivity contribution in [3.63, 3.8) is 0 Å². The molecule has 0 aliphatic carbocycles. The maximum absolute atomic E-state index is 12.8. The summed E-state index contributed by atoms with van der Waals surface area (Å²) >= 11 is 1.30. The molecule has 0 bridgehead atoms. The topological polar surface area (TPSA) is 49.9 Å². The van der Waals surface area contributed by atoms with Crippen LogP contribution in [0.15, 0.2) is 21.7 Å². The summed E-state index contributed by atoms with van der Waals surface area (Å²) in [4.78, 5) is 2.35. The molecule has 3 unspecified atom stereocenters. The third kappa shape index (κ3) is 3.38. The van der Waals surface area contributed by atoms with Crippen molar-refractivity contribution in [3.05, 3.63) is 17.5 Å². The van der Waals surface area contributed by atoms with E-state index in [1.54, 1.807) is 16.4 Å². The zero-order valence-corrected chi connectivity index (χ0v) is 14.8. The molecule has 7 heteroatoms. The molecule has 0 saturated carbocycles. The molecule has 2 fully saturated rings. The van der Waals surface area contributed by atoms with Crippen molar-refractivity contribution in [3.8, 4) is 0 Å². The highest BCUT2D eigenvalue weighted by Gasteiger charge is 2.37. The second-order valence-corrected chi connectivity index (χ2v) is 9.38. The summed E-state index contributed by atoms with van der Waals surface area (Å²) in [6, 6.07) is 3.59. The van der Waals surface area contributed by atoms with Crippen molar-refractivity contribution in [2.24, 2.45) is 0 Å². The molecule has 1 aromatic heterocycles. The van der Waals surface area contributed by atoms with Gasteiger partial charge in [0.2, 0.25) is 0 Å². The Morgan fingerprint density at radius 2 is 2.05 bits per heavy atom. The van der Waals surface area contributed by atoms with Gasteiger partial charge in [0.05, 0.1) is 12.2 Å². The van der Waals surface area contributed by atoms with Gasteiger partial charge < -0.3 is 4.74 Å². The summed E-state index contributed by atoms with van der Waals surface area (Å²) in [5.74, 6) is 0. The summed E-state index contributed by atoms with van der Waals surface area (Å²) in [5.41, 5.74) is 0. The Labute approximate surface area is 136 Å². The quantitative estimate of drug-likeness (QED) is 0.838. The van der Waals surface area contributed by atoms with Crippen LogP contribution in [0.25, 0.3) is 0 Å². The summed E-state index contributed by atoms with van der Waals surface area (Å²) < 4.78 is 33.5. The first kappa shape index (κ1) is 16.4. The lowest BCUT2D eigenvalue weighted by Gasteiger charge is -2.37. The molecular weight excluding hydrogens is 320 g/mol. The number of hydrogen-bond acceptors (Lipinski definition) is 5. The zero-order chi connectivity index (χ0) is 15.7. The fraction of sp³-hybridized carbons (Fsp3) is 0.733. The second-order valence-electron chi connectivity index (χ2n) is 6.32. The van der Waals surface area contributed by atoms with Gasteiger partial charge in [-0.05, 0) is 38.1 Å². The average Bonchev–Trinajstić information content (AvgIpc) is 3.08. The Morgan fingerprint density at radius 3 is 2.68 bits per heavy atom. The molecule has 3 rings (SSSR count). The van der Waals surface area contributed by atoms with Crippen LogP contribution in [0.5, 0.6) is 0 Å². The third-order valence-corrected chi connectivity index (χ3v) is 7.67. The normalized spacial score (nSPS) is 31.6. The predicted molar refractivity (Wildman–Crippen MR) is 87.7 cm³/mol. The van der Waals surface area contributed by atoms with Crippen molar-refractivity contribution in [1.29, 1.82) is 0 Å². The zero-order valence-electron chi connectivity index (χ0n) is 13.1. The van der Waals surface area contributed by atoms with Crippen molar-refractivity contribution in [1.82, 2.24) is 9.21 Å². The van der Waals surface area contributed by atoms with Crippen LogP contribution < -0.4 is 0 Å². The van der Waals surface area contributed by atoms with Crippen molar-refractivity contribution in [2.45, 2.75) is 49.1 Å². The molecule has 124 valence electrons. The summed E-state index contributed by atoms with van der Waals surface area (Å²) in [7, 11) is -3.33. The lowest BCUT2D eigenvalue weighted by atomic mass is 10.1. The maximum Gasteiger partial charge on any atom is 0.252 e. The number of thiophene rings is 1. The van der Waals surface area contributed by atoms with Crippen LogP contribution in [0.2, 0.25) is 0 Å². The highest BCUT2D eigenvalue weighted by atomic mass is 32.2. The van der Waals surface area contributed by atoms with E-state index in [0.29, 0.717) is 10.8 Å². The van der Waals surface area contributed by atoms with Crippen LogP contribution in [0.4, 0.5) is 0 Å². The molecule has 0 aromatic carbocycles. The van der Waals surface area contributed by atoms with E-state index in [1.165, 1.54) is 11.3 Å².